The number of halogens is 1. The molecule has 1 aromatic carbocycles. The molecule has 0 saturated carbocycles. The van der Waals surface area contributed by atoms with Crippen molar-refractivity contribution in [3.63, 3.8) is 0 Å². The number of carbonyl (C=O) groups excluding carboxylic acids is 1. The van der Waals surface area contributed by atoms with E-state index < -0.39 is 0 Å². The largest absolute Gasteiger partial charge is 0.296 e. The third-order valence-corrected chi connectivity index (χ3v) is 4.57. The van der Waals surface area contributed by atoms with E-state index in [0.29, 0.717) is 6.54 Å². The Morgan fingerprint density at radius 1 is 1.10 bits per heavy atom. The number of piperazine rings is 1. The van der Waals surface area contributed by atoms with Crippen LogP contribution in [0.2, 0.25) is 0 Å². The van der Waals surface area contributed by atoms with Crippen molar-refractivity contribution in [2.24, 2.45) is 0 Å². The Labute approximate surface area is 135 Å². The predicted octanol–water partition coefficient (Wildman–Crippen LogP) is 2.89. The van der Waals surface area contributed by atoms with Crippen LogP contribution < -0.4 is 0 Å². The lowest BCUT2D eigenvalue weighted by molar-refractivity contribution is 0.0579. The third-order valence-electron chi connectivity index (χ3n) is 3.85. The highest BCUT2D eigenvalue weighted by Crippen LogP contribution is 2.16. The summed E-state index contributed by atoms with van der Waals surface area (Å²) in [5.74, 6) is 0.227. The molecule has 1 aliphatic heterocycles. The molecule has 1 aromatic rings. The number of benzene rings is 1. The van der Waals surface area contributed by atoms with Gasteiger partial charge in [0.15, 0.2) is 5.78 Å². The molecule has 0 radical (unpaired) electrons. The van der Waals surface area contributed by atoms with Crippen LogP contribution in [0.4, 0.5) is 0 Å². The van der Waals surface area contributed by atoms with Crippen LogP contribution in [-0.4, -0.2) is 53.8 Å². The van der Waals surface area contributed by atoms with Crippen LogP contribution in [0.25, 0.3) is 0 Å². The summed E-state index contributed by atoms with van der Waals surface area (Å²) in [6.45, 7) is 11.3. The standard InChI is InChI=1S/C16H23IN2O/c1-16(2,3)19-10-8-18(9-11-19)12-15(20)13-4-6-14(17)7-5-13/h4-7H,8-12H2,1-3H3. The van der Waals surface area contributed by atoms with Crippen molar-refractivity contribution in [3.05, 3.63) is 33.4 Å². The third kappa shape index (κ3) is 4.27. The average molecular weight is 386 g/mol. The van der Waals surface area contributed by atoms with Crippen molar-refractivity contribution in [1.29, 1.82) is 0 Å². The van der Waals surface area contributed by atoms with E-state index in [2.05, 4.69) is 53.2 Å². The van der Waals surface area contributed by atoms with E-state index in [0.717, 1.165) is 35.3 Å². The molecule has 0 aliphatic carbocycles. The Balaban J connectivity index is 1.86. The second-order valence-corrected chi connectivity index (χ2v) is 7.61. The lowest BCUT2D eigenvalue weighted by atomic mass is 10.0. The van der Waals surface area contributed by atoms with E-state index >= 15 is 0 Å². The average Bonchev–Trinajstić information content (AvgIpc) is 2.39. The predicted molar refractivity (Wildman–Crippen MR) is 91.3 cm³/mol. The van der Waals surface area contributed by atoms with Gasteiger partial charge in [0.1, 0.15) is 0 Å². The topological polar surface area (TPSA) is 23.6 Å². The van der Waals surface area contributed by atoms with Crippen LogP contribution in [-0.2, 0) is 0 Å². The van der Waals surface area contributed by atoms with Gasteiger partial charge in [0.2, 0.25) is 0 Å². The monoisotopic (exact) mass is 386 g/mol. The van der Waals surface area contributed by atoms with Crippen molar-refractivity contribution < 1.29 is 4.79 Å². The minimum Gasteiger partial charge on any atom is -0.296 e. The van der Waals surface area contributed by atoms with Crippen molar-refractivity contribution in [1.82, 2.24) is 9.80 Å². The molecular weight excluding hydrogens is 363 g/mol. The zero-order chi connectivity index (χ0) is 14.8. The van der Waals surface area contributed by atoms with Gasteiger partial charge in [-0.25, -0.2) is 0 Å². The van der Waals surface area contributed by atoms with Gasteiger partial charge in [-0.1, -0.05) is 12.1 Å². The molecule has 3 nitrogen and oxygen atoms in total. The molecule has 1 heterocycles. The molecular formula is C16H23IN2O. The molecule has 1 saturated heterocycles. The minimum atomic E-state index is 0.227. The Morgan fingerprint density at radius 2 is 1.65 bits per heavy atom. The maximum Gasteiger partial charge on any atom is 0.176 e. The number of hydrogen-bond donors (Lipinski definition) is 0. The maximum absolute atomic E-state index is 12.2. The van der Waals surface area contributed by atoms with Gasteiger partial charge < -0.3 is 0 Å². The number of ketones is 1. The second-order valence-electron chi connectivity index (χ2n) is 6.36. The van der Waals surface area contributed by atoms with Crippen molar-refractivity contribution >= 4 is 28.4 Å². The number of carbonyl (C=O) groups is 1. The molecule has 4 heteroatoms. The highest BCUT2D eigenvalue weighted by Gasteiger charge is 2.26. The van der Waals surface area contributed by atoms with Gasteiger partial charge >= 0.3 is 0 Å². The molecule has 0 unspecified atom stereocenters. The Bertz CT molecular complexity index is 456. The molecule has 0 amide bonds. The number of nitrogens with zero attached hydrogens (tertiary/aromatic N) is 2. The van der Waals surface area contributed by atoms with E-state index in [1.165, 1.54) is 0 Å². The van der Waals surface area contributed by atoms with E-state index in [1.54, 1.807) is 0 Å². The highest BCUT2D eigenvalue weighted by atomic mass is 127. The summed E-state index contributed by atoms with van der Waals surface area (Å²) >= 11 is 2.26. The van der Waals surface area contributed by atoms with Gasteiger partial charge in [-0.3, -0.25) is 14.6 Å². The summed E-state index contributed by atoms with van der Waals surface area (Å²) in [5.41, 5.74) is 1.05. The summed E-state index contributed by atoms with van der Waals surface area (Å²) in [7, 11) is 0. The molecule has 1 fully saturated rings. The molecule has 0 atom stereocenters. The summed E-state index contributed by atoms with van der Waals surface area (Å²) < 4.78 is 1.16. The van der Waals surface area contributed by atoms with Gasteiger partial charge in [0.25, 0.3) is 0 Å². The molecule has 0 N–H and O–H groups in total. The fourth-order valence-corrected chi connectivity index (χ4v) is 2.87. The Kier molecular flexibility index (Phi) is 5.20. The number of Topliss-reactive ketones (excluding diaryl/α,β-unsaturated/α-hetero) is 1. The molecule has 0 spiro atoms. The van der Waals surface area contributed by atoms with Gasteiger partial charge in [0, 0.05) is 40.9 Å². The SMILES string of the molecule is CC(C)(C)N1CCN(CC(=O)c2ccc(I)cc2)CC1. The first kappa shape index (κ1) is 15.9. The van der Waals surface area contributed by atoms with Crippen LogP contribution in [0.1, 0.15) is 31.1 Å². The Hall–Kier alpha value is -0.460. The smallest absolute Gasteiger partial charge is 0.176 e. The fourth-order valence-electron chi connectivity index (χ4n) is 2.51. The zero-order valence-corrected chi connectivity index (χ0v) is 14.7. The van der Waals surface area contributed by atoms with Gasteiger partial charge in [-0.15, -0.1) is 0 Å². The van der Waals surface area contributed by atoms with E-state index in [-0.39, 0.29) is 11.3 Å². The lowest BCUT2D eigenvalue weighted by Gasteiger charge is -2.42. The fraction of sp³-hybridized carbons (Fsp3) is 0.562. The molecule has 110 valence electrons. The second kappa shape index (κ2) is 6.54. The van der Waals surface area contributed by atoms with Gasteiger partial charge in [-0.2, -0.15) is 0 Å². The lowest BCUT2D eigenvalue weighted by Crippen LogP contribution is -2.54. The summed E-state index contributed by atoms with van der Waals surface area (Å²) in [6, 6.07) is 7.84. The summed E-state index contributed by atoms with van der Waals surface area (Å²) in [5, 5.41) is 0. The first-order valence-corrected chi connectivity index (χ1v) is 8.20. The molecule has 0 aromatic heterocycles. The molecule has 1 aliphatic rings. The van der Waals surface area contributed by atoms with Gasteiger partial charge in [0.05, 0.1) is 6.54 Å². The normalized spacial score (nSPS) is 18.2. The molecule has 0 bridgehead atoms. The van der Waals surface area contributed by atoms with E-state index in [9.17, 15) is 4.79 Å². The Morgan fingerprint density at radius 3 is 2.15 bits per heavy atom. The minimum absolute atomic E-state index is 0.227. The van der Waals surface area contributed by atoms with Gasteiger partial charge in [-0.05, 0) is 55.5 Å². The van der Waals surface area contributed by atoms with Crippen LogP contribution >= 0.6 is 22.6 Å². The molecule has 20 heavy (non-hydrogen) atoms. The maximum atomic E-state index is 12.2. The van der Waals surface area contributed by atoms with Crippen LogP contribution in [0.3, 0.4) is 0 Å². The van der Waals surface area contributed by atoms with Crippen LogP contribution in [0, 0.1) is 3.57 Å². The van der Waals surface area contributed by atoms with Crippen molar-refractivity contribution in [2.45, 2.75) is 26.3 Å². The number of hydrogen-bond acceptors (Lipinski definition) is 3. The first-order valence-electron chi connectivity index (χ1n) is 7.12. The summed E-state index contributed by atoms with van der Waals surface area (Å²) in [4.78, 5) is 17.0. The highest BCUT2D eigenvalue weighted by molar-refractivity contribution is 14.1. The number of rotatable bonds is 3. The van der Waals surface area contributed by atoms with Crippen molar-refractivity contribution in [3.8, 4) is 0 Å². The van der Waals surface area contributed by atoms with Crippen LogP contribution in [0.5, 0.6) is 0 Å². The van der Waals surface area contributed by atoms with E-state index in [1.807, 2.05) is 24.3 Å². The quantitative estimate of drug-likeness (QED) is 0.590. The zero-order valence-electron chi connectivity index (χ0n) is 12.5. The van der Waals surface area contributed by atoms with Crippen LogP contribution in [0.15, 0.2) is 24.3 Å². The molecule has 2 rings (SSSR count). The summed E-state index contributed by atoms with van der Waals surface area (Å²) in [6.07, 6.45) is 0. The van der Waals surface area contributed by atoms with Crippen molar-refractivity contribution in [2.75, 3.05) is 32.7 Å². The van der Waals surface area contributed by atoms with E-state index in [4.69, 9.17) is 0 Å². The first-order chi connectivity index (χ1) is 9.36.